The summed E-state index contributed by atoms with van der Waals surface area (Å²) in [5.74, 6) is -0.811. The Morgan fingerprint density at radius 1 is 1.53 bits per heavy atom. The highest BCUT2D eigenvalue weighted by Gasteiger charge is 2.34. The van der Waals surface area contributed by atoms with Crippen molar-refractivity contribution in [2.24, 2.45) is 11.7 Å². The van der Waals surface area contributed by atoms with Crippen LogP contribution in [-0.2, 0) is 16.0 Å². The summed E-state index contributed by atoms with van der Waals surface area (Å²) in [5, 5.41) is 0. The Bertz CT molecular complexity index is 542. The van der Waals surface area contributed by atoms with Gasteiger partial charge < -0.3 is 10.6 Å². The lowest BCUT2D eigenvalue weighted by Gasteiger charge is -2.19. The van der Waals surface area contributed by atoms with Crippen molar-refractivity contribution in [3.05, 3.63) is 27.7 Å². The lowest BCUT2D eigenvalue weighted by Crippen LogP contribution is -2.28. The Hall–Kier alpha value is -1.36. The molecule has 0 bridgehead atoms. The maximum atomic E-state index is 12.0. The van der Waals surface area contributed by atoms with Gasteiger partial charge in [-0.1, -0.05) is 22.9 Å². The standard InChI is InChI=1S/C14H17BrN2O2/c1-3-9-5-11(4-8(2)13(9)15)17-7-10(14(16)19)6-12(17)18/h4-5,10H,3,6-7H2,1-2H3,(H2,16,19)/t10-/m0/s1. The second-order valence-electron chi connectivity index (χ2n) is 4.90. The Morgan fingerprint density at radius 3 is 2.74 bits per heavy atom. The second kappa shape index (κ2) is 5.33. The van der Waals surface area contributed by atoms with Crippen LogP contribution in [0.25, 0.3) is 0 Å². The van der Waals surface area contributed by atoms with Gasteiger partial charge >= 0.3 is 0 Å². The predicted octanol–water partition coefficient (Wildman–Crippen LogP) is 2.16. The zero-order valence-electron chi connectivity index (χ0n) is 11.1. The summed E-state index contributed by atoms with van der Waals surface area (Å²) in [7, 11) is 0. The highest BCUT2D eigenvalue weighted by atomic mass is 79.9. The Morgan fingerprint density at radius 2 is 2.21 bits per heavy atom. The molecule has 5 heteroatoms. The molecule has 0 spiro atoms. The van der Waals surface area contributed by atoms with Crippen LogP contribution in [0.2, 0.25) is 0 Å². The topological polar surface area (TPSA) is 63.4 Å². The van der Waals surface area contributed by atoms with E-state index >= 15 is 0 Å². The zero-order valence-corrected chi connectivity index (χ0v) is 12.7. The number of nitrogens with zero attached hydrogens (tertiary/aromatic N) is 1. The number of halogens is 1. The maximum absolute atomic E-state index is 12.0. The quantitative estimate of drug-likeness (QED) is 0.926. The molecule has 1 heterocycles. The monoisotopic (exact) mass is 324 g/mol. The van der Waals surface area contributed by atoms with Gasteiger partial charge in [0, 0.05) is 23.1 Å². The number of carbonyl (C=O) groups is 2. The van der Waals surface area contributed by atoms with Gasteiger partial charge in [-0.3, -0.25) is 9.59 Å². The molecule has 0 radical (unpaired) electrons. The average molecular weight is 325 g/mol. The fraction of sp³-hybridized carbons (Fsp3) is 0.429. The van der Waals surface area contributed by atoms with E-state index in [1.165, 1.54) is 0 Å². The van der Waals surface area contributed by atoms with Gasteiger partial charge in [0.05, 0.1) is 5.92 Å². The first-order valence-corrected chi connectivity index (χ1v) is 7.12. The fourth-order valence-corrected chi connectivity index (χ4v) is 2.89. The van der Waals surface area contributed by atoms with E-state index in [1.54, 1.807) is 4.90 Å². The number of nitrogens with two attached hydrogens (primary N) is 1. The Kier molecular flexibility index (Phi) is 3.94. The number of carbonyl (C=O) groups excluding carboxylic acids is 2. The van der Waals surface area contributed by atoms with Crippen molar-refractivity contribution < 1.29 is 9.59 Å². The summed E-state index contributed by atoms with van der Waals surface area (Å²) in [6.07, 6.45) is 1.10. The molecule has 2 rings (SSSR count). The summed E-state index contributed by atoms with van der Waals surface area (Å²) in [6.45, 7) is 4.46. The third kappa shape index (κ3) is 2.66. The molecule has 1 aromatic rings. The molecule has 2 N–H and O–H groups in total. The van der Waals surface area contributed by atoms with E-state index in [1.807, 2.05) is 19.1 Å². The van der Waals surface area contributed by atoms with Gasteiger partial charge in [-0.25, -0.2) is 0 Å². The molecule has 1 aromatic carbocycles. The van der Waals surface area contributed by atoms with Crippen LogP contribution in [0.5, 0.6) is 0 Å². The summed E-state index contributed by atoms with van der Waals surface area (Å²) in [5.41, 5.74) is 8.38. The third-order valence-electron chi connectivity index (χ3n) is 3.53. The van der Waals surface area contributed by atoms with Crippen LogP contribution >= 0.6 is 15.9 Å². The molecule has 1 saturated heterocycles. The first-order chi connectivity index (χ1) is 8.93. The van der Waals surface area contributed by atoms with Crippen molar-refractivity contribution in [3.8, 4) is 0 Å². The number of benzene rings is 1. The number of amides is 2. The fourth-order valence-electron chi connectivity index (χ4n) is 2.38. The lowest BCUT2D eigenvalue weighted by molar-refractivity contribution is -0.123. The minimum absolute atomic E-state index is 0.0347. The molecule has 102 valence electrons. The number of hydrogen-bond acceptors (Lipinski definition) is 2. The molecular formula is C14H17BrN2O2. The molecule has 0 saturated carbocycles. The van der Waals surface area contributed by atoms with Gasteiger partial charge in [0.2, 0.25) is 11.8 Å². The summed E-state index contributed by atoms with van der Waals surface area (Å²) in [4.78, 5) is 24.9. The third-order valence-corrected chi connectivity index (χ3v) is 4.67. The summed E-state index contributed by atoms with van der Waals surface area (Å²) < 4.78 is 1.08. The van der Waals surface area contributed by atoms with Gasteiger partial charge in [0.15, 0.2) is 0 Å². The van der Waals surface area contributed by atoms with Crippen molar-refractivity contribution in [3.63, 3.8) is 0 Å². The molecule has 1 aliphatic rings. The number of rotatable bonds is 3. The van der Waals surface area contributed by atoms with E-state index < -0.39 is 5.91 Å². The lowest BCUT2D eigenvalue weighted by atomic mass is 10.1. The maximum Gasteiger partial charge on any atom is 0.227 e. The number of anilines is 1. The van der Waals surface area contributed by atoms with Crippen LogP contribution in [-0.4, -0.2) is 18.4 Å². The molecule has 1 aliphatic heterocycles. The van der Waals surface area contributed by atoms with Gasteiger partial charge in [-0.05, 0) is 36.6 Å². The molecule has 0 unspecified atom stereocenters. The van der Waals surface area contributed by atoms with Crippen molar-refractivity contribution in [2.75, 3.05) is 11.4 Å². The number of primary amides is 1. The molecule has 19 heavy (non-hydrogen) atoms. The van der Waals surface area contributed by atoms with E-state index in [0.29, 0.717) is 6.54 Å². The number of hydrogen-bond donors (Lipinski definition) is 1. The van der Waals surface area contributed by atoms with Gasteiger partial charge in [-0.2, -0.15) is 0 Å². The Labute approximate surface area is 121 Å². The second-order valence-corrected chi connectivity index (χ2v) is 5.69. The minimum atomic E-state index is -0.402. The van der Waals surface area contributed by atoms with Crippen LogP contribution in [0, 0.1) is 12.8 Å². The minimum Gasteiger partial charge on any atom is -0.369 e. The highest BCUT2D eigenvalue weighted by molar-refractivity contribution is 9.10. The first-order valence-electron chi connectivity index (χ1n) is 6.32. The van der Waals surface area contributed by atoms with E-state index in [4.69, 9.17) is 5.73 Å². The van der Waals surface area contributed by atoms with Gasteiger partial charge in [0.25, 0.3) is 0 Å². The van der Waals surface area contributed by atoms with Crippen molar-refractivity contribution in [1.29, 1.82) is 0 Å². The molecule has 0 aromatic heterocycles. The molecule has 1 atom stereocenters. The molecule has 0 aliphatic carbocycles. The zero-order chi connectivity index (χ0) is 14.2. The SMILES string of the molecule is CCc1cc(N2C[C@@H](C(N)=O)CC2=O)cc(C)c1Br. The average Bonchev–Trinajstić information content (AvgIpc) is 2.75. The van der Waals surface area contributed by atoms with Crippen molar-refractivity contribution >= 4 is 33.4 Å². The number of aryl methyl sites for hydroxylation is 2. The molecule has 4 nitrogen and oxygen atoms in total. The molecular weight excluding hydrogens is 308 g/mol. The smallest absolute Gasteiger partial charge is 0.227 e. The molecule has 2 amide bonds. The van der Waals surface area contributed by atoms with Crippen molar-refractivity contribution in [1.82, 2.24) is 0 Å². The van der Waals surface area contributed by atoms with Crippen LogP contribution in [0.3, 0.4) is 0 Å². The predicted molar refractivity (Wildman–Crippen MR) is 77.9 cm³/mol. The summed E-state index contributed by atoms with van der Waals surface area (Å²) in [6, 6.07) is 3.96. The van der Waals surface area contributed by atoms with Crippen LogP contribution < -0.4 is 10.6 Å². The van der Waals surface area contributed by atoms with Crippen molar-refractivity contribution in [2.45, 2.75) is 26.7 Å². The largest absolute Gasteiger partial charge is 0.369 e. The van der Waals surface area contributed by atoms with E-state index in [0.717, 1.165) is 27.7 Å². The van der Waals surface area contributed by atoms with E-state index in [2.05, 4.69) is 22.9 Å². The normalized spacial score (nSPS) is 19.0. The van der Waals surface area contributed by atoms with E-state index in [9.17, 15) is 9.59 Å². The van der Waals surface area contributed by atoms with Gasteiger partial charge in [-0.15, -0.1) is 0 Å². The van der Waals surface area contributed by atoms with E-state index in [-0.39, 0.29) is 18.2 Å². The van der Waals surface area contributed by atoms with Crippen LogP contribution in [0.1, 0.15) is 24.5 Å². The summed E-state index contributed by atoms with van der Waals surface area (Å²) >= 11 is 3.56. The first kappa shape index (κ1) is 14.1. The highest BCUT2D eigenvalue weighted by Crippen LogP contribution is 2.31. The van der Waals surface area contributed by atoms with Crippen LogP contribution in [0.15, 0.2) is 16.6 Å². The van der Waals surface area contributed by atoms with Crippen LogP contribution in [0.4, 0.5) is 5.69 Å². The van der Waals surface area contributed by atoms with Gasteiger partial charge in [0.1, 0.15) is 0 Å². The Balaban J connectivity index is 2.35. The molecule has 1 fully saturated rings.